The summed E-state index contributed by atoms with van der Waals surface area (Å²) >= 11 is 6.05. The number of rotatable bonds is 3. The van der Waals surface area contributed by atoms with E-state index >= 15 is 0 Å². The quantitative estimate of drug-likeness (QED) is 0.876. The molecule has 0 amide bonds. The van der Waals surface area contributed by atoms with Crippen LogP contribution in [0.1, 0.15) is 24.8 Å². The molecule has 0 spiro atoms. The summed E-state index contributed by atoms with van der Waals surface area (Å²) in [4.78, 5) is 0. The van der Waals surface area contributed by atoms with Gasteiger partial charge in [0, 0.05) is 11.6 Å². The molecule has 2 aliphatic carbocycles. The van der Waals surface area contributed by atoms with Crippen molar-refractivity contribution in [3.63, 3.8) is 0 Å². The van der Waals surface area contributed by atoms with Gasteiger partial charge in [-0.05, 0) is 60.6 Å². The van der Waals surface area contributed by atoms with Crippen LogP contribution in [0.15, 0.2) is 18.2 Å². The van der Waals surface area contributed by atoms with E-state index in [4.69, 9.17) is 11.6 Å². The molecule has 2 aliphatic rings. The fourth-order valence-corrected chi connectivity index (χ4v) is 3.64. The molecule has 0 aromatic heterocycles. The summed E-state index contributed by atoms with van der Waals surface area (Å²) in [6.07, 6.45) is 4.30. The minimum Gasteiger partial charge on any atom is -0.396 e. The first-order valence-electron chi connectivity index (χ1n) is 6.17. The van der Waals surface area contributed by atoms with Crippen molar-refractivity contribution in [3.8, 4) is 0 Å². The Hall–Kier alpha value is -0.600. The van der Waals surface area contributed by atoms with E-state index in [2.05, 4.69) is 0 Å². The molecule has 92 valence electrons. The Morgan fingerprint density at radius 1 is 1.35 bits per heavy atom. The van der Waals surface area contributed by atoms with E-state index in [1.165, 1.54) is 18.6 Å². The van der Waals surface area contributed by atoms with Gasteiger partial charge in [-0.3, -0.25) is 0 Å². The van der Waals surface area contributed by atoms with Crippen LogP contribution in [0.5, 0.6) is 0 Å². The molecule has 2 saturated carbocycles. The Morgan fingerprint density at radius 2 is 2.06 bits per heavy atom. The van der Waals surface area contributed by atoms with Crippen LogP contribution in [-0.4, -0.2) is 11.7 Å². The molecule has 2 atom stereocenters. The van der Waals surface area contributed by atoms with E-state index in [0.717, 1.165) is 36.7 Å². The van der Waals surface area contributed by atoms with Crippen molar-refractivity contribution in [1.29, 1.82) is 0 Å². The summed E-state index contributed by atoms with van der Waals surface area (Å²) < 4.78 is 13.0. The number of halogens is 2. The van der Waals surface area contributed by atoms with Gasteiger partial charge in [0.25, 0.3) is 0 Å². The van der Waals surface area contributed by atoms with Gasteiger partial charge >= 0.3 is 0 Å². The largest absolute Gasteiger partial charge is 0.396 e. The third kappa shape index (κ3) is 2.09. The van der Waals surface area contributed by atoms with Crippen molar-refractivity contribution in [3.05, 3.63) is 34.6 Å². The predicted molar refractivity (Wildman–Crippen MR) is 65.5 cm³/mol. The predicted octanol–water partition coefficient (Wildman–Crippen LogP) is 3.43. The van der Waals surface area contributed by atoms with Gasteiger partial charge in [-0.1, -0.05) is 17.7 Å². The second-order valence-corrected chi connectivity index (χ2v) is 6.14. The minimum absolute atomic E-state index is 0.00491. The van der Waals surface area contributed by atoms with Gasteiger partial charge in [-0.25, -0.2) is 4.39 Å². The molecular formula is C14H16ClFO. The molecular weight excluding hydrogens is 239 g/mol. The lowest BCUT2D eigenvalue weighted by Gasteiger charge is -2.29. The highest BCUT2D eigenvalue weighted by Crippen LogP contribution is 2.60. The monoisotopic (exact) mass is 254 g/mol. The zero-order valence-corrected chi connectivity index (χ0v) is 10.4. The van der Waals surface area contributed by atoms with Gasteiger partial charge < -0.3 is 5.11 Å². The van der Waals surface area contributed by atoms with Crippen LogP contribution in [-0.2, 0) is 6.42 Å². The van der Waals surface area contributed by atoms with Crippen LogP contribution < -0.4 is 0 Å². The third-order valence-corrected chi connectivity index (χ3v) is 4.73. The molecule has 0 saturated heterocycles. The molecule has 0 bridgehead atoms. The van der Waals surface area contributed by atoms with Crippen molar-refractivity contribution in [2.45, 2.75) is 25.7 Å². The number of hydrogen-bond donors (Lipinski definition) is 1. The maximum absolute atomic E-state index is 13.0. The lowest BCUT2D eigenvalue weighted by Crippen LogP contribution is -2.26. The fourth-order valence-electron chi connectivity index (χ4n) is 3.40. The maximum Gasteiger partial charge on any atom is 0.124 e. The molecule has 3 heteroatoms. The van der Waals surface area contributed by atoms with Crippen molar-refractivity contribution in [2.24, 2.45) is 17.3 Å². The first kappa shape index (κ1) is 11.5. The Morgan fingerprint density at radius 3 is 2.65 bits per heavy atom. The van der Waals surface area contributed by atoms with Crippen molar-refractivity contribution in [2.75, 3.05) is 6.61 Å². The average Bonchev–Trinajstić information content (AvgIpc) is 2.91. The normalized spacial score (nSPS) is 34.8. The van der Waals surface area contributed by atoms with Crippen molar-refractivity contribution in [1.82, 2.24) is 0 Å². The Bertz CT molecular complexity index is 436. The first-order chi connectivity index (χ1) is 8.12. The Labute approximate surface area is 106 Å². The highest BCUT2D eigenvalue weighted by Gasteiger charge is 2.53. The Kier molecular flexibility index (Phi) is 2.68. The van der Waals surface area contributed by atoms with Crippen LogP contribution in [0.4, 0.5) is 4.39 Å². The summed E-state index contributed by atoms with van der Waals surface area (Å²) in [6, 6.07) is 4.55. The lowest BCUT2D eigenvalue weighted by atomic mass is 9.78. The molecule has 1 aromatic carbocycles. The topological polar surface area (TPSA) is 20.2 Å². The van der Waals surface area contributed by atoms with E-state index in [1.54, 1.807) is 6.07 Å². The summed E-state index contributed by atoms with van der Waals surface area (Å²) in [5.41, 5.74) is 0.957. The molecule has 0 heterocycles. The van der Waals surface area contributed by atoms with Gasteiger partial charge in [0.1, 0.15) is 5.82 Å². The van der Waals surface area contributed by atoms with Gasteiger partial charge in [0.2, 0.25) is 0 Å². The molecule has 0 aliphatic heterocycles. The van der Waals surface area contributed by atoms with Gasteiger partial charge in [0.05, 0.1) is 0 Å². The zero-order valence-electron chi connectivity index (χ0n) is 9.63. The summed E-state index contributed by atoms with van der Waals surface area (Å²) in [7, 11) is 0. The number of benzene rings is 1. The molecule has 2 fully saturated rings. The standard InChI is InChI=1S/C14H16ClFO/c15-13-4-12(16)2-1-9(13)5-14(8-17)6-10-3-11(10)7-14/h1-2,4,10-11,17H,3,5-8H2. The minimum atomic E-state index is -0.300. The van der Waals surface area contributed by atoms with E-state index in [1.807, 2.05) is 0 Å². The highest BCUT2D eigenvalue weighted by atomic mass is 35.5. The molecule has 0 radical (unpaired) electrons. The second-order valence-electron chi connectivity index (χ2n) is 5.73. The number of hydrogen-bond acceptors (Lipinski definition) is 1. The van der Waals surface area contributed by atoms with E-state index in [0.29, 0.717) is 5.02 Å². The second kappa shape index (κ2) is 3.96. The molecule has 3 rings (SSSR count). The number of aliphatic hydroxyl groups is 1. The van der Waals surface area contributed by atoms with E-state index < -0.39 is 0 Å². The molecule has 1 N–H and O–H groups in total. The number of fused-ring (bicyclic) bond motifs is 1. The maximum atomic E-state index is 13.0. The molecule has 1 nitrogen and oxygen atoms in total. The highest BCUT2D eigenvalue weighted by molar-refractivity contribution is 6.31. The summed E-state index contributed by atoms with van der Waals surface area (Å²) in [5.74, 6) is 1.34. The van der Waals surface area contributed by atoms with Crippen LogP contribution in [0.2, 0.25) is 5.02 Å². The van der Waals surface area contributed by atoms with Crippen LogP contribution >= 0.6 is 11.6 Å². The van der Waals surface area contributed by atoms with E-state index in [9.17, 15) is 9.50 Å². The first-order valence-corrected chi connectivity index (χ1v) is 6.54. The SMILES string of the molecule is OCC1(Cc2ccc(F)cc2Cl)CC2CC2C1. The summed E-state index contributed by atoms with van der Waals surface area (Å²) in [6.45, 7) is 0.216. The third-order valence-electron chi connectivity index (χ3n) is 4.38. The number of aliphatic hydroxyl groups excluding tert-OH is 1. The lowest BCUT2D eigenvalue weighted by molar-refractivity contribution is 0.117. The smallest absolute Gasteiger partial charge is 0.124 e. The molecule has 2 unspecified atom stereocenters. The molecule has 17 heavy (non-hydrogen) atoms. The van der Waals surface area contributed by atoms with Crippen LogP contribution in [0.25, 0.3) is 0 Å². The van der Waals surface area contributed by atoms with Gasteiger partial charge in [0.15, 0.2) is 0 Å². The summed E-state index contributed by atoms with van der Waals surface area (Å²) in [5, 5.41) is 10.1. The average molecular weight is 255 g/mol. The van der Waals surface area contributed by atoms with Gasteiger partial charge in [-0.15, -0.1) is 0 Å². The van der Waals surface area contributed by atoms with Crippen molar-refractivity contribution >= 4 is 11.6 Å². The van der Waals surface area contributed by atoms with Crippen molar-refractivity contribution < 1.29 is 9.50 Å². The van der Waals surface area contributed by atoms with Crippen LogP contribution in [0.3, 0.4) is 0 Å². The zero-order chi connectivity index (χ0) is 12.0. The fraction of sp³-hybridized carbons (Fsp3) is 0.571. The van der Waals surface area contributed by atoms with Gasteiger partial charge in [-0.2, -0.15) is 0 Å². The van der Waals surface area contributed by atoms with E-state index in [-0.39, 0.29) is 17.8 Å². The molecule has 1 aromatic rings. The Balaban J connectivity index is 1.81. The van der Waals surface area contributed by atoms with Crippen LogP contribution in [0, 0.1) is 23.1 Å².